The average Bonchev–Trinajstić information content (AvgIpc) is 2.98. The summed E-state index contributed by atoms with van der Waals surface area (Å²) in [5.74, 6) is 0.548. The Kier molecular flexibility index (Phi) is 5.44. The zero-order valence-corrected chi connectivity index (χ0v) is 15.3. The maximum atomic E-state index is 11.7. The van der Waals surface area contributed by atoms with Gasteiger partial charge in [-0.3, -0.25) is 10.1 Å². The number of nitrogens with zero attached hydrogens (tertiary/aromatic N) is 4. The molecule has 25 heavy (non-hydrogen) atoms. The third-order valence-corrected chi connectivity index (χ3v) is 4.88. The molecular formula is C17H23ClN4O3. The minimum atomic E-state index is -0.235. The van der Waals surface area contributed by atoms with Crippen LogP contribution in [0.15, 0.2) is 29.8 Å². The van der Waals surface area contributed by atoms with E-state index in [0.717, 1.165) is 25.1 Å². The Labute approximate surface area is 152 Å². The molecule has 0 spiro atoms. The van der Waals surface area contributed by atoms with Crippen LogP contribution in [-0.2, 0) is 11.3 Å². The van der Waals surface area contributed by atoms with E-state index in [1.807, 2.05) is 13.0 Å². The van der Waals surface area contributed by atoms with Crippen LogP contribution in [0.3, 0.4) is 0 Å². The smallest absolute Gasteiger partial charge is 0.289 e. The Hall–Kier alpha value is -1.86. The van der Waals surface area contributed by atoms with Gasteiger partial charge in [-0.25, -0.2) is 4.98 Å². The lowest BCUT2D eigenvalue weighted by atomic mass is 9.98. The van der Waals surface area contributed by atoms with Gasteiger partial charge in [-0.2, -0.15) is 0 Å². The Morgan fingerprint density at radius 2 is 2.24 bits per heavy atom. The standard InChI is InChI=1S/C17H23ClN4O3/c1-3-8-25-15-9-12(2)16(22(23)24)17-20(6-7-21(15)17)11-13-4-5-14(18)19-10-13/h4-5,10,12,15H,3,6-9,11H2,1-2H3. The molecule has 2 unspecified atom stereocenters. The van der Waals surface area contributed by atoms with Crippen molar-refractivity contribution in [3.05, 3.63) is 50.7 Å². The van der Waals surface area contributed by atoms with Crippen LogP contribution in [0.4, 0.5) is 0 Å². The summed E-state index contributed by atoms with van der Waals surface area (Å²) in [6.45, 7) is 6.67. The summed E-state index contributed by atoms with van der Waals surface area (Å²) in [7, 11) is 0. The molecule has 3 heterocycles. The summed E-state index contributed by atoms with van der Waals surface area (Å²) in [4.78, 5) is 19.7. The van der Waals surface area contributed by atoms with Crippen LogP contribution in [0.1, 0.15) is 32.3 Å². The van der Waals surface area contributed by atoms with Crippen LogP contribution in [0.5, 0.6) is 0 Å². The molecule has 0 bridgehead atoms. The number of fused-ring (bicyclic) bond motifs is 1. The van der Waals surface area contributed by atoms with E-state index in [2.05, 4.69) is 21.7 Å². The van der Waals surface area contributed by atoms with Crippen LogP contribution >= 0.6 is 11.6 Å². The van der Waals surface area contributed by atoms with Crippen LogP contribution in [0, 0.1) is 16.0 Å². The van der Waals surface area contributed by atoms with Crippen LogP contribution in [0.25, 0.3) is 0 Å². The average molecular weight is 367 g/mol. The highest BCUT2D eigenvalue weighted by molar-refractivity contribution is 6.29. The number of hydrogen-bond donors (Lipinski definition) is 0. The van der Waals surface area contributed by atoms with Gasteiger partial charge in [0.25, 0.3) is 5.70 Å². The number of nitro groups is 1. The predicted octanol–water partition coefficient (Wildman–Crippen LogP) is 3.09. The van der Waals surface area contributed by atoms with Crippen LogP contribution in [0.2, 0.25) is 5.15 Å². The minimum Gasteiger partial charge on any atom is -0.358 e. The van der Waals surface area contributed by atoms with Gasteiger partial charge in [-0.15, -0.1) is 0 Å². The third kappa shape index (κ3) is 3.72. The highest BCUT2D eigenvalue weighted by atomic mass is 35.5. The normalized spacial score (nSPS) is 23.2. The monoisotopic (exact) mass is 366 g/mol. The zero-order valence-electron chi connectivity index (χ0n) is 14.5. The molecule has 8 heteroatoms. The fourth-order valence-electron chi connectivity index (χ4n) is 3.52. The van der Waals surface area contributed by atoms with Gasteiger partial charge in [0.2, 0.25) is 0 Å². The van der Waals surface area contributed by atoms with Gasteiger partial charge < -0.3 is 14.5 Å². The number of aromatic nitrogens is 1. The van der Waals surface area contributed by atoms with E-state index in [0.29, 0.717) is 30.5 Å². The first kappa shape index (κ1) is 17.9. The molecule has 1 aromatic heterocycles. The fourth-order valence-corrected chi connectivity index (χ4v) is 3.63. The van der Waals surface area contributed by atoms with Crippen LogP contribution in [-0.4, -0.2) is 45.6 Å². The molecule has 2 aliphatic rings. The molecule has 0 saturated carbocycles. The summed E-state index contributed by atoms with van der Waals surface area (Å²) in [6, 6.07) is 3.64. The zero-order chi connectivity index (χ0) is 18.0. The van der Waals surface area contributed by atoms with Crippen molar-refractivity contribution in [3.8, 4) is 0 Å². The molecule has 1 aromatic rings. The van der Waals surface area contributed by atoms with Gasteiger partial charge in [0.05, 0.1) is 10.8 Å². The van der Waals surface area contributed by atoms with Crippen molar-refractivity contribution >= 4 is 11.6 Å². The number of hydrogen-bond acceptors (Lipinski definition) is 6. The van der Waals surface area contributed by atoms with Crippen molar-refractivity contribution in [1.82, 2.24) is 14.8 Å². The topological polar surface area (TPSA) is 71.7 Å². The molecule has 7 nitrogen and oxygen atoms in total. The first-order valence-corrected chi connectivity index (χ1v) is 9.01. The second kappa shape index (κ2) is 7.58. The van der Waals surface area contributed by atoms with Crippen molar-refractivity contribution in [2.45, 2.75) is 39.5 Å². The van der Waals surface area contributed by atoms with E-state index >= 15 is 0 Å². The molecule has 2 aliphatic heterocycles. The van der Waals surface area contributed by atoms with Gasteiger partial charge >= 0.3 is 0 Å². The number of rotatable bonds is 6. The van der Waals surface area contributed by atoms with Crippen molar-refractivity contribution in [1.29, 1.82) is 0 Å². The Morgan fingerprint density at radius 3 is 2.88 bits per heavy atom. The lowest BCUT2D eigenvalue weighted by Crippen LogP contribution is -2.43. The number of pyridine rings is 1. The van der Waals surface area contributed by atoms with Crippen molar-refractivity contribution in [2.75, 3.05) is 19.7 Å². The highest BCUT2D eigenvalue weighted by Gasteiger charge is 2.45. The Morgan fingerprint density at radius 1 is 1.44 bits per heavy atom. The Balaban J connectivity index is 1.89. The summed E-state index contributed by atoms with van der Waals surface area (Å²) in [5.41, 5.74) is 1.27. The summed E-state index contributed by atoms with van der Waals surface area (Å²) in [5, 5.41) is 12.1. The van der Waals surface area contributed by atoms with Gasteiger partial charge in [-0.1, -0.05) is 31.5 Å². The van der Waals surface area contributed by atoms with Gasteiger partial charge in [-0.05, 0) is 18.1 Å². The molecule has 1 fully saturated rings. The molecule has 0 N–H and O–H groups in total. The van der Waals surface area contributed by atoms with Gasteiger partial charge in [0.15, 0.2) is 5.82 Å². The van der Waals surface area contributed by atoms with Gasteiger partial charge in [0, 0.05) is 38.9 Å². The van der Waals surface area contributed by atoms with E-state index in [4.69, 9.17) is 16.3 Å². The predicted molar refractivity (Wildman–Crippen MR) is 94.2 cm³/mol. The molecule has 2 atom stereocenters. The maximum Gasteiger partial charge on any atom is 0.289 e. The number of halogens is 1. The van der Waals surface area contributed by atoms with Gasteiger partial charge in [0.1, 0.15) is 11.4 Å². The lowest BCUT2D eigenvalue weighted by Gasteiger charge is -2.37. The molecule has 3 rings (SSSR count). The molecule has 0 aromatic carbocycles. The first-order valence-electron chi connectivity index (χ1n) is 8.63. The van der Waals surface area contributed by atoms with E-state index < -0.39 is 0 Å². The summed E-state index contributed by atoms with van der Waals surface area (Å²) in [6.07, 6.45) is 3.20. The molecule has 136 valence electrons. The number of ether oxygens (including phenoxy) is 1. The van der Waals surface area contributed by atoms with Crippen LogP contribution < -0.4 is 0 Å². The second-order valence-electron chi connectivity index (χ2n) is 6.53. The minimum absolute atomic E-state index is 0.0954. The quantitative estimate of drug-likeness (QED) is 0.437. The largest absolute Gasteiger partial charge is 0.358 e. The van der Waals surface area contributed by atoms with Crippen molar-refractivity contribution in [2.24, 2.45) is 5.92 Å². The first-order chi connectivity index (χ1) is 12.0. The lowest BCUT2D eigenvalue weighted by molar-refractivity contribution is -0.439. The molecular weight excluding hydrogens is 344 g/mol. The maximum absolute atomic E-state index is 11.7. The van der Waals surface area contributed by atoms with E-state index in [9.17, 15) is 10.1 Å². The SMILES string of the molecule is CCCOC1CC(C)C([N+](=O)[O-])=C2N(Cc3ccc(Cl)nc3)CCN21. The molecule has 0 amide bonds. The molecule has 0 aliphatic carbocycles. The van der Waals surface area contributed by atoms with E-state index in [-0.39, 0.29) is 22.8 Å². The van der Waals surface area contributed by atoms with E-state index in [1.54, 1.807) is 12.3 Å². The summed E-state index contributed by atoms with van der Waals surface area (Å²) < 4.78 is 5.97. The Bertz CT molecular complexity index is 664. The van der Waals surface area contributed by atoms with Crippen molar-refractivity contribution in [3.63, 3.8) is 0 Å². The molecule has 1 saturated heterocycles. The number of allylic oxidation sites excluding steroid dienone is 1. The fraction of sp³-hybridized carbons (Fsp3) is 0.588. The summed E-state index contributed by atoms with van der Waals surface area (Å²) >= 11 is 5.84. The van der Waals surface area contributed by atoms with E-state index in [1.165, 1.54) is 0 Å². The van der Waals surface area contributed by atoms with Crippen molar-refractivity contribution < 1.29 is 9.66 Å². The second-order valence-corrected chi connectivity index (χ2v) is 6.92. The third-order valence-electron chi connectivity index (χ3n) is 4.65. The molecule has 0 radical (unpaired) electrons. The highest BCUT2D eigenvalue weighted by Crippen LogP contribution is 2.37.